The van der Waals surface area contributed by atoms with Gasteiger partial charge in [-0.15, -0.1) is 0 Å². The Bertz CT molecular complexity index is 497. The van der Waals surface area contributed by atoms with Crippen LogP contribution in [0.3, 0.4) is 0 Å². The fourth-order valence-corrected chi connectivity index (χ4v) is 1.81. The van der Waals surface area contributed by atoms with Crippen LogP contribution in [0.4, 0.5) is 5.82 Å². The lowest BCUT2D eigenvalue weighted by atomic mass is 10.2. The normalized spacial score (nSPS) is 12.2. The number of hydrogen-bond acceptors (Lipinski definition) is 4. The van der Waals surface area contributed by atoms with Crippen LogP contribution in [0.25, 0.3) is 0 Å². The second-order valence-electron chi connectivity index (χ2n) is 4.62. The molecule has 0 fully saturated rings. The first-order valence-corrected chi connectivity index (χ1v) is 6.42. The van der Waals surface area contributed by atoms with Crippen LogP contribution in [0, 0.1) is 0 Å². The Balaban J connectivity index is 1.94. The number of anilines is 1. The van der Waals surface area contributed by atoms with Gasteiger partial charge in [-0.3, -0.25) is 4.98 Å². The summed E-state index contributed by atoms with van der Waals surface area (Å²) in [5.41, 5.74) is 1.91. The average molecular weight is 257 g/mol. The van der Waals surface area contributed by atoms with Gasteiger partial charge in [-0.25, -0.2) is 4.98 Å². The predicted octanol–water partition coefficient (Wildman–Crippen LogP) is 2.21. The quantitative estimate of drug-likeness (QED) is 0.892. The van der Waals surface area contributed by atoms with Crippen LogP contribution in [0.2, 0.25) is 0 Å². The Morgan fingerprint density at radius 1 is 1.21 bits per heavy atom. The van der Waals surface area contributed by atoms with E-state index in [0.29, 0.717) is 0 Å². The maximum Gasteiger partial charge on any atom is 0.128 e. The summed E-state index contributed by atoms with van der Waals surface area (Å²) in [5, 5.41) is 9.44. The number of hydrogen-bond donors (Lipinski definition) is 1. The smallest absolute Gasteiger partial charge is 0.128 e. The van der Waals surface area contributed by atoms with Gasteiger partial charge in [0.1, 0.15) is 5.82 Å². The molecule has 2 aromatic rings. The lowest BCUT2D eigenvalue weighted by Gasteiger charge is -2.18. The molecule has 0 spiro atoms. The van der Waals surface area contributed by atoms with Crippen molar-refractivity contribution < 1.29 is 5.11 Å². The molecular weight excluding hydrogens is 238 g/mol. The van der Waals surface area contributed by atoms with Crippen molar-refractivity contribution in [1.82, 2.24) is 9.97 Å². The molecule has 0 aliphatic rings. The van der Waals surface area contributed by atoms with E-state index in [-0.39, 0.29) is 0 Å². The Hall–Kier alpha value is -1.94. The van der Waals surface area contributed by atoms with E-state index in [9.17, 15) is 5.11 Å². The van der Waals surface area contributed by atoms with E-state index in [4.69, 9.17) is 0 Å². The van der Waals surface area contributed by atoms with Gasteiger partial charge in [-0.05, 0) is 30.7 Å². The minimum Gasteiger partial charge on any atom is -0.389 e. The Kier molecular flexibility index (Phi) is 4.47. The van der Waals surface area contributed by atoms with Crippen LogP contribution in [0.5, 0.6) is 0 Å². The number of pyridine rings is 2. The van der Waals surface area contributed by atoms with Gasteiger partial charge in [0.15, 0.2) is 0 Å². The molecule has 4 heteroatoms. The first-order chi connectivity index (χ1) is 9.16. The van der Waals surface area contributed by atoms with Gasteiger partial charge in [-0.2, -0.15) is 0 Å². The number of aromatic nitrogens is 2. The third-order valence-electron chi connectivity index (χ3n) is 3.07. The van der Waals surface area contributed by atoms with Crippen molar-refractivity contribution in [3.8, 4) is 0 Å². The SMILES string of the molecule is C[C@@H](O)c1ccc(N(C)CCc2ccccn2)nc1. The molecule has 2 heterocycles. The van der Waals surface area contributed by atoms with E-state index in [0.717, 1.165) is 30.0 Å². The number of aliphatic hydroxyl groups is 1. The zero-order valence-electron chi connectivity index (χ0n) is 11.3. The molecule has 0 aliphatic carbocycles. The van der Waals surface area contributed by atoms with Crippen LogP contribution >= 0.6 is 0 Å². The summed E-state index contributed by atoms with van der Waals surface area (Å²) < 4.78 is 0. The van der Waals surface area contributed by atoms with Crippen molar-refractivity contribution in [2.24, 2.45) is 0 Å². The molecule has 0 saturated heterocycles. The summed E-state index contributed by atoms with van der Waals surface area (Å²) >= 11 is 0. The molecule has 0 aromatic carbocycles. The van der Waals surface area contributed by atoms with Crippen molar-refractivity contribution in [3.63, 3.8) is 0 Å². The summed E-state index contributed by atoms with van der Waals surface area (Å²) in [6, 6.07) is 9.78. The van der Waals surface area contributed by atoms with Gasteiger partial charge in [0.2, 0.25) is 0 Å². The highest BCUT2D eigenvalue weighted by Gasteiger charge is 2.05. The molecule has 2 aromatic heterocycles. The molecule has 19 heavy (non-hydrogen) atoms. The number of likely N-dealkylation sites (N-methyl/N-ethyl adjacent to an activating group) is 1. The van der Waals surface area contributed by atoms with Crippen molar-refractivity contribution in [1.29, 1.82) is 0 Å². The van der Waals surface area contributed by atoms with Gasteiger partial charge < -0.3 is 10.0 Å². The van der Waals surface area contributed by atoms with Gasteiger partial charge in [0.05, 0.1) is 6.10 Å². The topological polar surface area (TPSA) is 49.2 Å². The average Bonchev–Trinajstić information content (AvgIpc) is 2.46. The zero-order chi connectivity index (χ0) is 13.7. The van der Waals surface area contributed by atoms with Crippen LogP contribution in [0.15, 0.2) is 42.7 Å². The van der Waals surface area contributed by atoms with E-state index >= 15 is 0 Å². The van der Waals surface area contributed by atoms with E-state index in [1.54, 1.807) is 13.1 Å². The van der Waals surface area contributed by atoms with Crippen molar-refractivity contribution in [2.75, 3.05) is 18.5 Å². The van der Waals surface area contributed by atoms with Crippen molar-refractivity contribution in [2.45, 2.75) is 19.4 Å². The maximum absolute atomic E-state index is 9.44. The highest BCUT2D eigenvalue weighted by molar-refractivity contribution is 5.38. The molecule has 0 aliphatic heterocycles. The van der Waals surface area contributed by atoms with Gasteiger partial charge in [0, 0.05) is 38.1 Å². The summed E-state index contributed by atoms with van der Waals surface area (Å²) in [6.07, 6.45) is 3.94. The third kappa shape index (κ3) is 3.76. The predicted molar refractivity (Wildman–Crippen MR) is 76.1 cm³/mol. The summed E-state index contributed by atoms with van der Waals surface area (Å²) in [4.78, 5) is 10.7. The molecule has 0 bridgehead atoms. The minimum absolute atomic E-state index is 0.472. The first kappa shape index (κ1) is 13.5. The van der Waals surface area contributed by atoms with Crippen molar-refractivity contribution >= 4 is 5.82 Å². The van der Waals surface area contributed by atoms with Gasteiger partial charge in [0.25, 0.3) is 0 Å². The van der Waals surface area contributed by atoms with Crippen molar-refractivity contribution in [3.05, 3.63) is 54.0 Å². The second-order valence-corrected chi connectivity index (χ2v) is 4.62. The Labute approximate surface area is 113 Å². The molecule has 0 saturated carbocycles. The van der Waals surface area contributed by atoms with Gasteiger partial charge in [-0.1, -0.05) is 12.1 Å². The molecular formula is C15H19N3O. The molecule has 1 atom stereocenters. The molecule has 100 valence electrons. The fraction of sp³-hybridized carbons (Fsp3) is 0.333. The fourth-order valence-electron chi connectivity index (χ4n) is 1.81. The first-order valence-electron chi connectivity index (χ1n) is 6.42. The Morgan fingerprint density at radius 3 is 2.63 bits per heavy atom. The highest BCUT2D eigenvalue weighted by atomic mass is 16.3. The molecule has 4 nitrogen and oxygen atoms in total. The summed E-state index contributed by atoms with van der Waals surface area (Å²) in [5.74, 6) is 0.903. The molecule has 0 radical (unpaired) electrons. The van der Waals surface area contributed by atoms with Crippen LogP contribution < -0.4 is 4.90 Å². The maximum atomic E-state index is 9.44. The third-order valence-corrected chi connectivity index (χ3v) is 3.07. The van der Waals surface area contributed by atoms with Crippen LogP contribution in [-0.4, -0.2) is 28.7 Å². The highest BCUT2D eigenvalue weighted by Crippen LogP contribution is 2.15. The monoisotopic (exact) mass is 257 g/mol. The standard InChI is InChI=1S/C15H19N3O/c1-12(19)13-6-7-15(17-11-13)18(2)10-8-14-5-3-4-9-16-14/h3-7,9,11-12,19H,8,10H2,1-2H3/t12-/m1/s1. The largest absolute Gasteiger partial charge is 0.389 e. The van der Waals surface area contributed by atoms with E-state index in [1.165, 1.54) is 0 Å². The number of nitrogens with zero attached hydrogens (tertiary/aromatic N) is 3. The molecule has 1 N–H and O–H groups in total. The van der Waals surface area contributed by atoms with Crippen LogP contribution in [0.1, 0.15) is 24.3 Å². The second kappa shape index (κ2) is 6.29. The number of rotatable bonds is 5. The number of aliphatic hydroxyl groups excluding tert-OH is 1. The minimum atomic E-state index is -0.472. The van der Waals surface area contributed by atoms with Crippen LogP contribution in [-0.2, 0) is 6.42 Å². The molecule has 0 amide bonds. The van der Waals surface area contributed by atoms with Gasteiger partial charge >= 0.3 is 0 Å². The molecule has 2 rings (SSSR count). The Morgan fingerprint density at radius 2 is 2.05 bits per heavy atom. The molecule has 0 unspecified atom stereocenters. The lowest BCUT2D eigenvalue weighted by molar-refractivity contribution is 0.199. The van der Waals surface area contributed by atoms with E-state index < -0.39 is 6.10 Å². The summed E-state index contributed by atoms with van der Waals surface area (Å²) in [7, 11) is 2.01. The van der Waals surface area contributed by atoms with E-state index in [1.807, 2.05) is 43.6 Å². The zero-order valence-corrected chi connectivity index (χ0v) is 11.3. The summed E-state index contributed by atoms with van der Waals surface area (Å²) in [6.45, 7) is 2.60. The lowest BCUT2D eigenvalue weighted by Crippen LogP contribution is -2.21. The van der Waals surface area contributed by atoms with E-state index in [2.05, 4.69) is 14.9 Å².